The van der Waals surface area contributed by atoms with Crippen LogP contribution in [0.15, 0.2) is 59.7 Å². The number of hydrogen-bond acceptors (Lipinski definition) is 6. The molecule has 158 valence electrons. The molecule has 30 heavy (non-hydrogen) atoms. The number of nitrogens with zero attached hydrogens (tertiary/aromatic N) is 2. The number of rotatable bonds is 7. The molecule has 0 fully saturated rings. The Labute approximate surface area is 175 Å². The average molecular weight is 429 g/mol. The van der Waals surface area contributed by atoms with Gasteiger partial charge in [-0.15, -0.1) is 0 Å². The van der Waals surface area contributed by atoms with Crippen LogP contribution in [0.3, 0.4) is 0 Å². The van der Waals surface area contributed by atoms with Crippen LogP contribution in [-0.2, 0) is 25.9 Å². The molecular weight excluding hydrogens is 404 g/mol. The first kappa shape index (κ1) is 21.7. The first-order chi connectivity index (χ1) is 14.2. The second-order valence-electron chi connectivity index (χ2n) is 7.31. The van der Waals surface area contributed by atoms with Gasteiger partial charge in [0.1, 0.15) is 0 Å². The maximum atomic E-state index is 12.9. The standard InChI is InChI=1S/C22H24N2O5S/c1-4-29-21(26)22(2,30(3,27)28)12-13-24-15-23-19-14-17(10-11-18(19)20(24)25)16-8-6-5-7-9-16/h5-11,14-15H,4,12-13H2,1-3H3. The van der Waals surface area contributed by atoms with E-state index in [1.807, 2.05) is 42.5 Å². The van der Waals surface area contributed by atoms with Crippen molar-refractivity contribution < 1.29 is 17.9 Å². The van der Waals surface area contributed by atoms with Crippen LogP contribution in [0.2, 0.25) is 0 Å². The molecule has 1 aromatic heterocycles. The minimum absolute atomic E-state index is 0.0184. The number of aryl methyl sites for hydroxylation is 1. The summed E-state index contributed by atoms with van der Waals surface area (Å²) >= 11 is 0. The molecule has 0 N–H and O–H groups in total. The van der Waals surface area contributed by atoms with E-state index in [4.69, 9.17) is 4.74 Å². The molecule has 0 aliphatic heterocycles. The molecule has 0 aliphatic rings. The molecule has 0 bridgehead atoms. The summed E-state index contributed by atoms with van der Waals surface area (Å²) in [5.74, 6) is -0.818. The lowest BCUT2D eigenvalue weighted by Gasteiger charge is -2.25. The van der Waals surface area contributed by atoms with Crippen LogP contribution in [-0.4, -0.2) is 41.5 Å². The quantitative estimate of drug-likeness (QED) is 0.537. The fourth-order valence-corrected chi connectivity index (χ4v) is 4.01. The number of esters is 1. The van der Waals surface area contributed by atoms with Crippen molar-refractivity contribution in [1.29, 1.82) is 0 Å². The van der Waals surface area contributed by atoms with E-state index in [-0.39, 0.29) is 25.1 Å². The van der Waals surface area contributed by atoms with Crippen molar-refractivity contribution in [3.63, 3.8) is 0 Å². The topological polar surface area (TPSA) is 95.3 Å². The van der Waals surface area contributed by atoms with Gasteiger partial charge < -0.3 is 4.74 Å². The Morgan fingerprint density at radius 1 is 1.13 bits per heavy atom. The lowest BCUT2D eigenvalue weighted by Crippen LogP contribution is -2.45. The van der Waals surface area contributed by atoms with E-state index in [1.54, 1.807) is 13.0 Å². The zero-order valence-corrected chi connectivity index (χ0v) is 18.0. The van der Waals surface area contributed by atoms with Crippen molar-refractivity contribution >= 4 is 26.7 Å². The molecule has 1 heterocycles. The van der Waals surface area contributed by atoms with Gasteiger partial charge in [0.05, 0.1) is 23.8 Å². The van der Waals surface area contributed by atoms with E-state index in [0.717, 1.165) is 17.4 Å². The van der Waals surface area contributed by atoms with Gasteiger partial charge in [-0.1, -0.05) is 36.4 Å². The van der Waals surface area contributed by atoms with Crippen molar-refractivity contribution in [3.05, 3.63) is 65.2 Å². The van der Waals surface area contributed by atoms with Crippen molar-refractivity contribution in [2.45, 2.75) is 31.6 Å². The highest BCUT2D eigenvalue weighted by Gasteiger charge is 2.44. The van der Waals surface area contributed by atoms with Gasteiger partial charge in [-0.05, 0) is 43.5 Å². The van der Waals surface area contributed by atoms with Crippen LogP contribution in [0.5, 0.6) is 0 Å². The molecule has 0 saturated heterocycles. The van der Waals surface area contributed by atoms with E-state index in [2.05, 4.69) is 4.98 Å². The molecule has 0 amide bonds. The number of benzene rings is 2. The van der Waals surface area contributed by atoms with Crippen molar-refractivity contribution in [3.8, 4) is 11.1 Å². The number of aromatic nitrogens is 2. The number of fused-ring (bicyclic) bond motifs is 1. The summed E-state index contributed by atoms with van der Waals surface area (Å²) in [6.07, 6.45) is 2.28. The SMILES string of the molecule is CCOC(=O)C(C)(CCn1cnc2cc(-c3ccccc3)ccc2c1=O)S(C)(=O)=O. The summed E-state index contributed by atoms with van der Waals surface area (Å²) in [5, 5.41) is 0.425. The van der Waals surface area contributed by atoms with Gasteiger partial charge in [0.25, 0.3) is 5.56 Å². The zero-order chi connectivity index (χ0) is 21.9. The van der Waals surface area contributed by atoms with E-state index >= 15 is 0 Å². The van der Waals surface area contributed by atoms with Crippen LogP contribution in [0, 0.1) is 0 Å². The summed E-state index contributed by atoms with van der Waals surface area (Å²) in [6, 6.07) is 15.2. The van der Waals surface area contributed by atoms with Gasteiger partial charge in [0.15, 0.2) is 14.6 Å². The fraction of sp³-hybridized carbons (Fsp3) is 0.318. The molecule has 0 saturated carbocycles. The fourth-order valence-electron chi connectivity index (χ4n) is 3.18. The molecule has 0 radical (unpaired) electrons. The molecular formula is C22H24N2O5S. The Kier molecular flexibility index (Phi) is 6.07. The van der Waals surface area contributed by atoms with E-state index in [9.17, 15) is 18.0 Å². The molecule has 8 heteroatoms. The van der Waals surface area contributed by atoms with Crippen LogP contribution >= 0.6 is 0 Å². The van der Waals surface area contributed by atoms with Crippen LogP contribution in [0.1, 0.15) is 20.3 Å². The summed E-state index contributed by atoms with van der Waals surface area (Å²) in [7, 11) is -3.76. The van der Waals surface area contributed by atoms with Gasteiger partial charge in [-0.2, -0.15) is 0 Å². The van der Waals surface area contributed by atoms with E-state index in [0.29, 0.717) is 10.9 Å². The lowest BCUT2D eigenvalue weighted by atomic mass is 10.0. The molecule has 7 nitrogen and oxygen atoms in total. The zero-order valence-electron chi connectivity index (χ0n) is 17.2. The van der Waals surface area contributed by atoms with Crippen LogP contribution in [0.4, 0.5) is 0 Å². The molecule has 0 aliphatic carbocycles. The normalized spacial score (nSPS) is 13.7. The van der Waals surface area contributed by atoms with Gasteiger partial charge >= 0.3 is 5.97 Å². The van der Waals surface area contributed by atoms with Gasteiger partial charge in [-0.3, -0.25) is 14.2 Å². The summed E-state index contributed by atoms with van der Waals surface area (Å²) in [4.78, 5) is 29.6. The number of sulfone groups is 1. The molecule has 3 aromatic rings. The highest BCUT2D eigenvalue weighted by atomic mass is 32.2. The predicted molar refractivity (Wildman–Crippen MR) is 116 cm³/mol. The van der Waals surface area contributed by atoms with Crippen molar-refractivity contribution in [1.82, 2.24) is 9.55 Å². The number of ether oxygens (including phenoxy) is 1. The number of carbonyl (C=O) groups is 1. The third kappa shape index (κ3) is 4.14. The largest absolute Gasteiger partial charge is 0.465 e. The molecule has 0 spiro atoms. The number of carbonyl (C=O) groups excluding carboxylic acids is 1. The maximum absolute atomic E-state index is 12.9. The van der Waals surface area contributed by atoms with Crippen molar-refractivity contribution in [2.24, 2.45) is 0 Å². The van der Waals surface area contributed by atoms with E-state index in [1.165, 1.54) is 17.8 Å². The smallest absolute Gasteiger partial charge is 0.327 e. The molecule has 3 rings (SSSR count). The first-order valence-electron chi connectivity index (χ1n) is 9.59. The van der Waals surface area contributed by atoms with Gasteiger partial charge in [-0.25, -0.2) is 13.4 Å². The maximum Gasteiger partial charge on any atom is 0.327 e. The van der Waals surface area contributed by atoms with Crippen LogP contribution < -0.4 is 5.56 Å². The summed E-state index contributed by atoms with van der Waals surface area (Å²) in [6.45, 7) is 3.03. The second-order valence-corrected chi connectivity index (χ2v) is 9.76. The Morgan fingerprint density at radius 3 is 2.47 bits per heavy atom. The molecule has 1 atom stereocenters. The van der Waals surface area contributed by atoms with Gasteiger partial charge in [0, 0.05) is 12.8 Å². The highest BCUT2D eigenvalue weighted by Crippen LogP contribution is 2.24. The van der Waals surface area contributed by atoms with E-state index < -0.39 is 20.6 Å². The average Bonchev–Trinajstić information content (AvgIpc) is 2.72. The first-order valence-corrected chi connectivity index (χ1v) is 11.5. The van der Waals surface area contributed by atoms with Crippen LogP contribution in [0.25, 0.3) is 22.0 Å². The summed E-state index contributed by atoms with van der Waals surface area (Å²) in [5.41, 5.74) is 2.22. The van der Waals surface area contributed by atoms with Gasteiger partial charge in [0.2, 0.25) is 0 Å². The monoisotopic (exact) mass is 428 g/mol. The summed E-state index contributed by atoms with van der Waals surface area (Å²) < 4.78 is 29.1. The Morgan fingerprint density at radius 2 is 1.83 bits per heavy atom. The highest BCUT2D eigenvalue weighted by molar-refractivity contribution is 7.92. The molecule has 1 unspecified atom stereocenters. The molecule has 2 aromatic carbocycles. The Balaban J connectivity index is 1.92. The Hall–Kier alpha value is -3.00. The third-order valence-electron chi connectivity index (χ3n) is 5.29. The minimum atomic E-state index is -3.76. The predicted octanol–water partition coefficient (Wildman–Crippen LogP) is 2.82. The Bertz CT molecular complexity index is 1240. The number of hydrogen-bond donors (Lipinski definition) is 0. The second kappa shape index (κ2) is 8.39. The third-order valence-corrected chi connectivity index (χ3v) is 7.30. The van der Waals surface area contributed by atoms with Crippen molar-refractivity contribution in [2.75, 3.05) is 12.9 Å². The lowest BCUT2D eigenvalue weighted by molar-refractivity contribution is -0.146. The minimum Gasteiger partial charge on any atom is -0.465 e.